The predicted octanol–water partition coefficient (Wildman–Crippen LogP) is 3.54. The highest BCUT2D eigenvalue weighted by Gasteiger charge is 2.24. The first-order valence-corrected chi connectivity index (χ1v) is 11.0. The molecule has 0 unspecified atom stereocenters. The molecule has 0 saturated carbocycles. The topological polar surface area (TPSA) is 70.5 Å². The van der Waals surface area contributed by atoms with Gasteiger partial charge in [-0.1, -0.05) is 29.8 Å². The van der Waals surface area contributed by atoms with Gasteiger partial charge in [0.1, 0.15) is 0 Å². The maximum Gasteiger partial charge on any atom is 0.257 e. The van der Waals surface area contributed by atoms with Gasteiger partial charge >= 0.3 is 0 Å². The molecule has 1 N–H and O–H groups in total. The number of hydrogen-bond donors (Lipinski definition) is 1. The molecule has 32 heavy (non-hydrogen) atoms. The van der Waals surface area contributed by atoms with Crippen LogP contribution in [0.4, 0.5) is 5.69 Å². The molecule has 1 aromatic heterocycles. The molecule has 2 amide bonds. The molecule has 4 rings (SSSR count). The average Bonchev–Trinajstić information content (AvgIpc) is 3.27. The molecule has 1 aliphatic rings. The molecule has 3 aromatic rings. The minimum absolute atomic E-state index is 0.0357. The van der Waals surface area contributed by atoms with Crippen molar-refractivity contribution in [2.45, 2.75) is 13.8 Å². The highest BCUT2D eigenvalue weighted by atomic mass is 35.5. The summed E-state index contributed by atoms with van der Waals surface area (Å²) >= 11 is 5.93. The van der Waals surface area contributed by atoms with E-state index >= 15 is 0 Å². The number of nitrogens with zero attached hydrogens (tertiary/aromatic N) is 4. The Balaban J connectivity index is 1.30. The number of anilines is 1. The van der Waals surface area contributed by atoms with Crippen molar-refractivity contribution >= 4 is 29.1 Å². The highest BCUT2D eigenvalue weighted by Crippen LogP contribution is 2.19. The molecule has 0 bridgehead atoms. The van der Waals surface area contributed by atoms with Gasteiger partial charge in [-0.25, -0.2) is 4.68 Å². The first-order chi connectivity index (χ1) is 15.4. The fraction of sp³-hybridized carbons (Fsp3) is 0.292. The second-order valence-electron chi connectivity index (χ2n) is 8.03. The lowest BCUT2D eigenvalue weighted by molar-refractivity contribution is -0.117. The monoisotopic (exact) mass is 451 g/mol. The van der Waals surface area contributed by atoms with Crippen molar-refractivity contribution < 1.29 is 9.59 Å². The van der Waals surface area contributed by atoms with E-state index in [9.17, 15) is 9.59 Å². The Kier molecular flexibility index (Phi) is 6.58. The highest BCUT2D eigenvalue weighted by molar-refractivity contribution is 6.30. The SMILES string of the molecule is Cc1cccc(C)c1NC(=O)CN1CCN(C(=O)c2cnn(-c3ccc(Cl)cc3)c2)CC1. The summed E-state index contributed by atoms with van der Waals surface area (Å²) in [6.07, 6.45) is 3.32. The number of hydrogen-bond acceptors (Lipinski definition) is 4. The number of aryl methyl sites for hydroxylation is 2. The van der Waals surface area contributed by atoms with Crippen LogP contribution in [0.2, 0.25) is 5.02 Å². The molecule has 0 radical (unpaired) electrons. The Labute approximate surface area is 192 Å². The van der Waals surface area contributed by atoms with Crippen molar-refractivity contribution in [2.24, 2.45) is 0 Å². The fourth-order valence-corrected chi connectivity index (χ4v) is 3.98. The van der Waals surface area contributed by atoms with Crippen LogP contribution in [0.5, 0.6) is 0 Å². The minimum Gasteiger partial charge on any atom is -0.336 e. The van der Waals surface area contributed by atoms with Crippen molar-refractivity contribution in [2.75, 3.05) is 38.0 Å². The number of rotatable bonds is 5. The van der Waals surface area contributed by atoms with Gasteiger partial charge in [-0.05, 0) is 49.2 Å². The van der Waals surface area contributed by atoms with Crippen LogP contribution in [0.25, 0.3) is 5.69 Å². The smallest absolute Gasteiger partial charge is 0.257 e. The van der Waals surface area contributed by atoms with Crippen LogP contribution < -0.4 is 5.32 Å². The minimum atomic E-state index is -0.0511. The number of carbonyl (C=O) groups excluding carboxylic acids is 2. The molecular weight excluding hydrogens is 426 g/mol. The van der Waals surface area contributed by atoms with Crippen LogP contribution in [0.3, 0.4) is 0 Å². The molecule has 0 spiro atoms. The van der Waals surface area contributed by atoms with Crippen LogP contribution in [0, 0.1) is 13.8 Å². The number of amides is 2. The first kappa shape index (κ1) is 22.0. The molecule has 1 saturated heterocycles. The third-order valence-electron chi connectivity index (χ3n) is 5.69. The van der Waals surface area contributed by atoms with E-state index in [0.29, 0.717) is 43.3 Å². The van der Waals surface area contributed by atoms with E-state index in [2.05, 4.69) is 15.3 Å². The Morgan fingerprint density at radius 3 is 2.31 bits per heavy atom. The van der Waals surface area contributed by atoms with Gasteiger partial charge in [-0.3, -0.25) is 14.5 Å². The standard InChI is InChI=1S/C24H26ClN5O2/c1-17-4-3-5-18(2)23(17)27-22(31)16-28-10-12-29(13-11-28)24(32)19-14-26-30(15-19)21-8-6-20(25)7-9-21/h3-9,14-15H,10-13,16H2,1-2H3,(H,27,31). The molecule has 8 heteroatoms. The van der Waals surface area contributed by atoms with Crippen molar-refractivity contribution in [1.82, 2.24) is 19.6 Å². The molecule has 2 heterocycles. The van der Waals surface area contributed by atoms with Crippen LogP contribution in [-0.2, 0) is 4.79 Å². The second-order valence-corrected chi connectivity index (χ2v) is 8.47. The first-order valence-electron chi connectivity index (χ1n) is 10.6. The maximum absolute atomic E-state index is 12.9. The molecule has 7 nitrogen and oxygen atoms in total. The third-order valence-corrected chi connectivity index (χ3v) is 5.94. The van der Waals surface area contributed by atoms with Crippen LogP contribution in [0.15, 0.2) is 54.9 Å². The second kappa shape index (κ2) is 9.54. The van der Waals surface area contributed by atoms with Crippen molar-refractivity contribution in [1.29, 1.82) is 0 Å². The third kappa shape index (κ3) is 5.00. The number of para-hydroxylation sites is 1. The normalized spacial score (nSPS) is 14.4. The largest absolute Gasteiger partial charge is 0.336 e. The lowest BCUT2D eigenvalue weighted by atomic mass is 10.1. The van der Waals surface area contributed by atoms with E-state index in [1.165, 1.54) is 0 Å². The predicted molar refractivity (Wildman–Crippen MR) is 125 cm³/mol. The number of nitrogens with one attached hydrogen (secondary N) is 1. The molecule has 166 valence electrons. The van der Waals surface area contributed by atoms with Crippen LogP contribution in [-0.4, -0.2) is 64.1 Å². The Hall–Kier alpha value is -3.16. The average molecular weight is 452 g/mol. The Bertz CT molecular complexity index is 1100. The van der Waals surface area contributed by atoms with Gasteiger partial charge in [0.2, 0.25) is 5.91 Å². The summed E-state index contributed by atoms with van der Waals surface area (Å²) in [6, 6.07) is 13.2. The number of benzene rings is 2. The molecule has 0 atom stereocenters. The van der Waals surface area contributed by atoms with Crippen LogP contribution in [0.1, 0.15) is 21.5 Å². The van der Waals surface area contributed by atoms with Gasteiger partial charge < -0.3 is 10.2 Å². The zero-order chi connectivity index (χ0) is 22.7. The van der Waals surface area contributed by atoms with Gasteiger partial charge in [0, 0.05) is 43.1 Å². The summed E-state index contributed by atoms with van der Waals surface area (Å²) in [7, 11) is 0. The van der Waals surface area contributed by atoms with E-state index in [-0.39, 0.29) is 11.8 Å². The summed E-state index contributed by atoms with van der Waals surface area (Å²) in [5, 5.41) is 7.98. The van der Waals surface area contributed by atoms with E-state index < -0.39 is 0 Å². The molecule has 1 aliphatic heterocycles. The Morgan fingerprint density at radius 1 is 1.00 bits per heavy atom. The number of carbonyl (C=O) groups is 2. The molecule has 1 fully saturated rings. The van der Waals surface area contributed by atoms with Gasteiger partial charge in [0.25, 0.3) is 5.91 Å². The van der Waals surface area contributed by atoms with Gasteiger partial charge in [0.15, 0.2) is 0 Å². The lowest BCUT2D eigenvalue weighted by Crippen LogP contribution is -2.50. The van der Waals surface area contributed by atoms with Crippen molar-refractivity contribution in [3.8, 4) is 5.69 Å². The van der Waals surface area contributed by atoms with Gasteiger partial charge in [0.05, 0.1) is 24.0 Å². The van der Waals surface area contributed by atoms with Crippen molar-refractivity contribution in [3.63, 3.8) is 0 Å². The van der Waals surface area contributed by atoms with E-state index in [1.54, 1.807) is 29.2 Å². The van der Waals surface area contributed by atoms with E-state index in [1.807, 2.05) is 49.1 Å². The molecule has 0 aliphatic carbocycles. The van der Waals surface area contributed by atoms with Gasteiger partial charge in [-0.15, -0.1) is 0 Å². The number of aromatic nitrogens is 2. The lowest BCUT2D eigenvalue weighted by Gasteiger charge is -2.34. The fourth-order valence-electron chi connectivity index (χ4n) is 3.85. The molecular formula is C24H26ClN5O2. The maximum atomic E-state index is 12.9. The summed E-state index contributed by atoms with van der Waals surface area (Å²) in [4.78, 5) is 29.3. The summed E-state index contributed by atoms with van der Waals surface area (Å²) in [5.41, 5.74) is 4.36. The quantitative estimate of drug-likeness (QED) is 0.644. The molecule has 2 aromatic carbocycles. The van der Waals surface area contributed by atoms with Gasteiger partial charge in [-0.2, -0.15) is 5.10 Å². The van der Waals surface area contributed by atoms with Crippen molar-refractivity contribution in [3.05, 3.63) is 76.6 Å². The number of piperazine rings is 1. The van der Waals surface area contributed by atoms with E-state index in [0.717, 1.165) is 22.5 Å². The zero-order valence-electron chi connectivity index (χ0n) is 18.2. The summed E-state index contributed by atoms with van der Waals surface area (Å²) in [5.74, 6) is -0.0868. The zero-order valence-corrected chi connectivity index (χ0v) is 19.0. The number of halogens is 1. The van der Waals surface area contributed by atoms with E-state index in [4.69, 9.17) is 11.6 Å². The van der Waals surface area contributed by atoms with Crippen LogP contribution >= 0.6 is 11.6 Å². The summed E-state index contributed by atoms with van der Waals surface area (Å²) in [6.45, 7) is 6.73. The summed E-state index contributed by atoms with van der Waals surface area (Å²) < 4.78 is 1.66. The Morgan fingerprint density at radius 2 is 1.66 bits per heavy atom.